The molecule has 3 unspecified atom stereocenters. The molecule has 2 N–H and O–H groups in total. The summed E-state index contributed by atoms with van der Waals surface area (Å²) in [5.74, 6) is 1.19. The van der Waals surface area contributed by atoms with Gasteiger partial charge in [-0.25, -0.2) is 0 Å². The molecule has 0 heterocycles. The minimum absolute atomic E-state index is 0.148. The predicted octanol–water partition coefficient (Wildman–Crippen LogP) is 2.35. The molecule has 0 spiro atoms. The maximum absolute atomic E-state index is 6.14. The van der Waals surface area contributed by atoms with Gasteiger partial charge in [0.1, 0.15) is 0 Å². The molecule has 1 saturated carbocycles. The van der Waals surface area contributed by atoms with Crippen molar-refractivity contribution in [2.45, 2.75) is 56.7 Å². The maximum Gasteiger partial charge on any atom is 0.0589 e. The number of ether oxygens (including phenoxy) is 1. The second-order valence-corrected chi connectivity index (χ2v) is 6.42. The molecular weight excluding hydrogens is 244 g/mol. The van der Waals surface area contributed by atoms with Crippen LogP contribution in [-0.4, -0.2) is 55.3 Å². The van der Waals surface area contributed by atoms with Crippen LogP contribution in [0.2, 0.25) is 0 Å². The van der Waals surface area contributed by atoms with Crippen LogP contribution in [0.4, 0.5) is 0 Å². The molecule has 18 heavy (non-hydrogen) atoms. The largest absolute Gasteiger partial charge is 0.381 e. The Balaban J connectivity index is 2.78. The summed E-state index contributed by atoms with van der Waals surface area (Å²) in [5, 5.41) is 0. The Morgan fingerprint density at radius 3 is 2.78 bits per heavy atom. The highest BCUT2D eigenvalue weighted by Gasteiger charge is 2.40. The van der Waals surface area contributed by atoms with E-state index in [-0.39, 0.29) is 5.54 Å². The third-order valence-electron chi connectivity index (χ3n) is 4.62. The van der Waals surface area contributed by atoms with Gasteiger partial charge in [-0.1, -0.05) is 6.92 Å². The first-order valence-corrected chi connectivity index (χ1v) is 8.47. The van der Waals surface area contributed by atoms with Crippen molar-refractivity contribution in [3.05, 3.63) is 0 Å². The van der Waals surface area contributed by atoms with Gasteiger partial charge in [0, 0.05) is 31.0 Å². The minimum atomic E-state index is 0.148. The Morgan fingerprint density at radius 2 is 2.28 bits per heavy atom. The molecule has 1 aliphatic carbocycles. The zero-order valence-electron chi connectivity index (χ0n) is 12.4. The van der Waals surface area contributed by atoms with E-state index >= 15 is 0 Å². The molecule has 3 atom stereocenters. The van der Waals surface area contributed by atoms with Gasteiger partial charge in [0.25, 0.3) is 0 Å². The predicted molar refractivity (Wildman–Crippen MR) is 81.3 cm³/mol. The van der Waals surface area contributed by atoms with Crippen LogP contribution in [0.3, 0.4) is 0 Å². The average Bonchev–Trinajstić information content (AvgIpc) is 2.43. The first-order valence-electron chi connectivity index (χ1n) is 7.08. The fraction of sp³-hybridized carbons (Fsp3) is 1.00. The molecule has 0 radical (unpaired) electrons. The zero-order chi connectivity index (χ0) is 13.6. The van der Waals surface area contributed by atoms with E-state index in [1.165, 1.54) is 31.4 Å². The first kappa shape index (κ1) is 16.3. The average molecular weight is 274 g/mol. The Morgan fingerprint density at radius 1 is 1.56 bits per heavy atom. The van der Waals surface area contributed by atoms with E-state index in [2.05, 4.69) is 25.1 Å². The SMILES string of the molecule is CCC(CSC)N(C)C1(CN)CCCC(OC)C1. The van der Waals surface area contributed by atoms with Crippen molar-refractivity contribution in [1.29, 1.82) is 0 Å². The van der Waals surface area contributed by atoms with Crippen molar-refractivity contribution in [2.75, 3.05) is 32.7 Å². The molecule has 1 rings (SSSR count). The highest BCUT2D eigenvalue weighted by Crippen LogP contribution is 2.35. The van der Waals surface area contributed by atoms with Crippen LogP contribution in [0.25, 0.3) is 0 Å². The van der Waals surface area contributed by atoms with Crippen molar-refractivity contribution in [3.8, 4) is 0 Å². The van der Waals surface area contributed by atoms with Crippen LogP contribution < -0.4 is 5.73 Å². The third kappa shape index (κ3) is 3.62. The van der Waals surface area contributed by atoms with Crippen LogP contribution in [0.15, 0.2) is 0 Å². The Hall–Kier alpha value is 0.230. The monoisotopic (exact) mass is 274 g/mol. The number of methoxy groups -OCH3 is 1. The zero-order valence-corrected chi connectivity index (χ0v) is 13.3. The molecule has 4 heteroatoms. The Labute approximate surface area is 117 Å². The van der Waals surface area contributed by atoms with E-state index < -0.39 is 0 Å². The van der Waals surface area contributed by atoms with Gasteiger partial charge in [-0.2, -0.15) is 11.8 Å². The number of nitrogens with zero attached hydrogens (tertiary/aromatic N) is 1. The van der Waals surface area contributed by atoms with Crippen molar-refractivity contribution in [2.24, 2.45) is 5.73 Å². The Kier molecular flexibility index (Phi) is 6.99. The van der Waals surface area contributed by atoms with Gasteiger partial charge < -0.3 is 10.5 Å². The van der Waals surface area contributed by atoms with Crippen molar-refractivity contribution in [1.82, 2.24) is 4.90 Å². The summed E-state index contributed by atoms with van der Waals surface area (Å²) in [5.41, 5.74) is 6.29. The fourth-order valence-electron chi connectivity index (χ4n) is 3.22. The van der Waals surface area contributed by atoms with Crippen molar-refractivity contribution in [3.63, 3.8) is 0 Å². The van der Waals surface area contributed by atoms with Crippen molar-refractivity contribution < 1.29 is 4.74 Å². The minimum Gasteiger partial charge on any atom is -0.381 e. The smallest absolute Gasteiger partial charge is 0.0589 e. The number of hydrogen-bond donors (Lipinski definition) is 1. The molecule has 0 aromatic heterocycles. The second kappa shape index (κ2) is 7.73. The standard InChI is InChI=1S/C14H30N2OS/c1-5-12(10-18-4)16(2)14(11-15)8-6-7-13(9-14)17-3/h12-13H,5-11,15H2,1-4H3. The molecule has 0 aromatic rings. The molecule has 3 nitrogen and oxygen atoms in total. The van der Waals surface area contributed by atoms with Gasteiger partial charge in [-0.15, -0.1) is 0 Å². The van der Waals surface area contributed by atoms with E-state index in [4.69, 9.17) is 10.5 Å². The van der Waals surface area contributed by atoms with E-state index in [0.717, 1.165) is 13.0 Å². The number of likely N-dealkylation sites (N-methyl/N-ethyl adjacent to an activating group) is 1. The fourth-order valence-corrected chi connectivity index (χ4v) is 4.06. The lowest BCUT2D eigenvalue weighted by Crippen LogP contribution is -2.59. The first-order chi connectivity index (χ1) is 8.63. The molecule has 0 aromatic carbocycles. The van der Waals surface area contributed by atoms with Crippen LogP contribution in [0.1, 0.15) is 39.0 Å². The number of thioether (sulfide) groups is 1. The van der Waals surface area contributed by atoms with E-state index in [9.17, 15) is 0 Å². The summed E-state index contributed by atoms with van der Waals surface area (Å²) < 4.78 is 5.58. The lowest BCUT2D eigenvalue weighted by molar-refractivity contribution is -0.0249. The van der Waals surface area contributed by atoms with Crippen LogP contribution in [-0.2, 0) is 4.74 Å². The number of hydrogen-bond acceptors (Lipinski definition) is 4. The number of rotatable bonds is 7. The van der Waals surface area contributed by atoms with Gasteiger partial charge in [0.05, 0.1) is 6.10 Å². The molecule has 0 saturated heterocycles. The molecular formula is C14H30N2OS. The molecule has 1 aliphatic rings. The summed E-state index contributed by atoms with van der Waals surface area (Å²) in [7, 11) is 4.09. The maximum atomic E-state index is 6.14. The van der Waals surface area contributed by atoms with Gasteiger partial charge in [0.15, 0.2) is 0 Å². The van der Waals surface area contributed by atoms with E-state index in [1.807, 2.05) is 18.9 Å². The molecule has 108 valence electrons. The van der Waals surface area contributed by atoms with Crippen LogP contribution in [0.5, 0.6) is 0 Å². The van der Waals surface area contributed by atoms with Gasteiger partial charge in [-0.05, 0) is 45.4 Å². The topological polar surface area (TPSA) is 38.5 Å². The lowest BCUT2D eigenvalue weighted by atomic mass is 9.78. The van der Waals surface area contributed by atoms with Crippen LogP contribution >= 0.6 is 11.8 Å². The molecule has 1 fully saturated rings. The highest BCUT2D eigenvalue weighted by atomic mass is 32.2. The summed E-state index contributed by atoms with van der Waals surface area (Å²) >= 11 is 1.93. The summed E-state index contributed by atoms with van der Waals surface area (Å²) in [4.78, 5) is 2.55. The molecule has 0 aliphatic heterocycles. The van der Waals surface area contributed by atoms with Gasteiger partial charge in [0.2, 0.25) is 0 Å². The molecule has 0 bridgehead atoms. The van der Waals surface area contributed by atoms with Crippen molar-refractivity contribution >= 4 is 11.8 Å². The lowest BCUT2D eigenvalue weighted by Gasteiger charge is -2.49. The third-order valence-corrected chi connectivity index (χ3v) is 5.33. The quantitative estimate of drug-likeness (QED) is 0.773. The summed E-state index contributed by atoms with van der Waals surface area (Å²) in [6.45, 7) is 3.02. The number of nitrogens with two attached hydrogens (primary N) is 1. The van der Waals surface area contributed by atoms with E-state index in [0.29, 0.717) is 12.1 Å². The van der Waals surface area contributed by atoms with Gasteiger partial charge >= 0.3 is 0 Å². The highest BCUT2D eigenvalue weighted by molar-refractivity contribution is 7.98. The summed E-state index contributed by atoms with van der Waals surface area (Å²) in [6, 6.07) is 0.624. The second-order valence-electron chi connectivity index (χ2n) is 5.51. The Bertz CT molecular complexity index is 240. The van der Waals surface area contributed by atoms with Crippen LogP contribution in [0, 0.1) is 0 Å². The van der Waals surface area contributed by atoms with Gasteiger partial charge in [-0.3, -0.25) is 4.90 Å². The molecule has 0 amide bonds. The normalized spacial score (nSPS) is 30.7. The summed E-state index contributed by atoms with van der Waals surface area (Å²) in [6.07, 6.45) is 8.48. The van der Waals surface area contributed by atoms with E-state index in [1.54, 1.807) is 0 Å².